The van der Waals surface area contributed by atoms with Crippen LogP contribution < -0.4 is 5.32 Å². The summed E-state index contributed by atoms with van der Waals surface area (Å²) in [7, 11) is 0. The van der Waals surface area contributed by atoms with E-state index in [4.69, 9.17) is 0 Å². The lowest BCUT2D eigenvalue weighted by atomic mass is 9.89. The third kappa shape index (κ3) is 0.985. The maximum atomic E-state index is 11.0. The highest BCUT2D eigenvalue weighted by molar-refractivity contribution is 5.80. The van der Waals surface area contributed by atoms with Crippen LogP contribution >= 0.6 is 0 Å². The topological polar surface area (TPSA) is 29.1 Å². The van der Waals surface area contributed by atoms with Crippen LogP contribution in [0.2, 0.25) is 0 Å². The first-order valence-corrected chi connectivity index (χ1v) is 3.92. The average Bonchev–Trinajstić information content (AvgIpc) is 2.31. The monoisotopic (exact) mass is 149 g/mol. The Balaban J connectivity index is 2.27. The van der Waals surface area contributed by atoms with Crippen LogP contribution in [0, 0.1) is 5.92 Å². The molecule has 0 aromatic heterocycles. The second-order valence-electron chi connectivity index (χ2n) is 3.20. The van der Waals surface area contributed by atoms with E-state index in [9.17, 15) is 4.79 Å². The SMILES string of the molecule is CC1=CC=CC2NC(=O)CC12. The number of nitrogens with one attached hydrogen (secondary N) is 1. The number of rotatable bonds is 0. The van der Waals surface area contributed by atoms with Gasteiger partial charge < -0.3 is 5.32 Å². The summed E-state index contributed by atoms with van der Waals surface area (Å²) in [6.45, 7) is 2.08. The zero-order chi connectivity index (χ0) is 7.84. The summed E-state index contributed by atoms with van der Waals surface area (Å²) in [5, 5.41) is 2.92. The van der Waals surface area contributed by atoms with Gasteiger partial charge in [-0.2, -0.15) is 0 Å². The molecule has 0 saturated carbocycles. The summed E-state index contributed by atoms with van der Waals surface area (Å²) in [6, 6.07) is 0.271. The minimum atomic E-state index is 0.180. The Morgan fingerprint density at radius 2 is 2.45 bits per heavy atom. The molecule has 0 radical (unpaired) electrons. The summed E-state index contributed by atoms with van der Waals surface area (Å²) < 4.78 is 0. The summed E-state index contributed by atoms with van der Waals surface area (Å²) in [6.07, 6.45) is 6.82. The maximum Gasteiger partial charge on any atom is 0.221 e. The molecular formula is C9H11NO. The quantitative estimate of drug-likeness (QED) is 0.547. The van der Waals surface area contributed by atoms with Gasteiger partial charge in [-0.1, -0.05) is 23.8 Å². The second-order valence-corrected chi connectivity index (χ2v) is 3.20. The van der Waals surface area contributed by atoms with Crippen molar-refractivity contribution < 1.29 is 4.79 Å². The molecule has 0 aromatic rings. The van der Waals surface area contributed by atoms with Gasteiger partial charge in [0.25, 0.3) is 0 Å². The van der Waals surface area contributed by atoms with Gasteiger partial charge in [0.1, 0.15) is 0 Å². The minimum absolute atomic E-state index is 0.180. The van der Waals surface area contributed by atoms with Gasteiger partial charge in [-0.05, 0) is 6.92 Å². The molecule has 0 spiro atoms. The zero-order valence-corrected chi connectivity index (χ0v) is 6.50. The first kappa shape index (κ1) is 6.65. The van der Waals surface area contributed by atoms with Crippen LogP contribution in [0.4, 0.5) is 0 Å². The fourth-order valence-electron chi connectivity index (χ4n) is 1.75. The number of hydrogen-bond donors (Lipinski definition) is 1. The molecule has 0 aromatic carbocycles. The summed E-state index contributed by atoms with van der Waals surface area (Å²) >= 11 is 0. The van der Waals surface area contributed by atoms with Crippen LogP contribution in [0.1, 0.15) is 13.3 Å². The summed E-state index contributed by atoms with van der Waals surface area (Å²) in [5.41, 5.74) is 1.32. The van der Waals surface area contributed by atoms with Gasteiger partial charge in [0.05, 0.1) is 6.04 Å². The fourth-order valence-corrected chi connectivity index (χ4v) is 1.75. The number of hydrogen-bond acceptors (Lipinski definition) is 1. The molecule has 1 fully saturated rings. The Hall–Kier alpha value is -1.05. The van der Waals surface area contributed by atoms with E-state index in [0.29, 0.717) is 12.3 Å². The lowest BCUT2D eigenvalue weighted by Crippen LogP contribution is -2.28. The molecule has 1 aliphatic heterocycles. The number of amides is 1. The van der Waals surface area contributed by atoms with Crippen LogP contribution in [0.3, 0.4) is 0 Å². The van der Waals surface area contributed by atoms with Crippen molar-refractivity contribution in [2.24, 2.45) is 5.92 Å². The van der Waals surface area contributed by atoms with Crippen molar-refractivity contribution in [2.75, 3.05) is 0 Å². The predicted molar refractivity (Wildman–Crippen MR) is 42.9 cm³/mol. The molecule has 1 heterocycles. The second kappa shape index (κ2) is 2.22. The molecule has 1 aliphatic carbocycles. The van der Waals surface area contributed by atoms with Crippen molar-refractivity contribution in [1.29, 1.82) is 0 Å². The number of carbonyl (C=O) groups is 1. The standard InChI is InChI=1S/C9H11NO/c1-6-3-2-4-8-7(6)5-9(11)10-8/h2-4,7-8H,5H2,1H3,(H,10,11). The summed E-state index contributed by atoms with van der Waals surface area (Å²) in [4.78, 5) is 11.0. The van der Waals surface area contributed by atoms with E-state index in [1.54, 1.807) is 0 Å². The highest BCUT2D eigenvalue weighted by atomic mass is 16.1. The van der Waals surface area contributed by atoms with Crippen molar-refractivity contribution in [2.45, 2.75) is 19.4 Å². The highest BCUT2D eigenvalue weighted by Crippen LogP contribution is 2.27. The molecule has 2 unspecified atom stereocenters. The zero-order valence-electron chi connectivity index (χ0n) is 6.50. The maximum absolute atomic E-state index is 11.0. The van der Waals surface area contributed by atoms with E-state index in [-0.39, 0.29) is 11.9 Å². The first-order valence-electron chi connectivity index (χ1n) is 3.92. The van der Waals surface area contributed by atoms with Gasteiger partial charge in [-0.15, -0.1) is 0 Å². The first-order chi connectivity index (χ1) is 5.27. The van der Waals surface area contributed by atoms with E-state index in [1.165, 1.54) is 5.57 Å². The fraction of sp³-hybridized carbons (Fsp3) is 0.444. The smallest absolute Gasteiger partial charge is 0.221 e. The Bertz CT molecular complexity index is 252. The molecule has 0 bridgehead atoms. The summed E-state index contributed by atoms with van der Waals surface area (Å²) in [5.74, 6) is 0.604. The largest absolute Gasteiger partial charge is 0.349 e. The van der Waals surface area contributed by atoms with Crippen LogP contribution in [0.15, 0.2) is 23.8 Å². The van der Waals surface area contributed by atoms with Crippen LogP contribution in [-0.4, -0.2) is 11.9 Å². The van der Waals surface area contributed by atoms with Gasteiger partial charge in [-0.25, -0.2) is 0 Å². The van der Waals surface area contributed by atoms with E-state index >= 15 is 0 Å². The Morgan fingerprint density at radius 3 is 3.18 bits per heavy atom. The number of carbonyl (C=O) groups excluding carboxylic acids is 1. The Morgan fingerprint density at radius 1 is 1.64 bits per heavy atom. The lowest BCUT2D eigenvalue weighted by molar-refractivity contribution is -0.119. The van der Waals surface area contributed by atoms with E-state index in [0.717, 1.165) is 0 Å². The molecule has 1 N–H and O–H groups in total. The van der Waals surface area contributed by atoms with E-state index in [1.807, 2.05) is 6.08 Å². The molecule has 1 amide bonds. The van der Waals surface area contributed by atoms with E-state index in [2.05, 4.69) is 24.4 Å². The van der Waals surface area contributed by atoms with Crippen LogP contribution in [0.5, 0.6) is 0 Å². The third-order valence-corrected chi connectivity index (χ3v) is 2.43. The third-order valence-electron chi connectivity index (χ3n) is 2.43. The van der Waals surface area contributed by atoms with E-state index < -0.39 is 0 Å². The van der Waals surface area contributed by atoms with Crippen molar-refractivity contribution in [1.82, 2.24) is 5.32 Å². The Kier molecular flexibility index (Phi) is 1.34. The molecule has 2 heteroatoms. The molecule has 1 saturated heterocycles. The van der Waals surface area contributed by atoms with Gasteiger partial charge >= 0.3 is 0 Å². The minimum Gasteiger partial charge on any atom is -0.349 e. The average molecular weight is 149 g/mol. The van der Waals surface area contributed by atoms with Gasteiger partial charge in [0.2, 0.25) is 5.91 Å². The van der Waals surface area contributed by atoms with Crippen LogP contribution in [-0.2, 0) is 4.79 Å². The van der Waals surface area contributed by atoms with Crippen molar-refractivity contribution in [3.63, 3.8) is 0 Å². The molecule has 2 aliphatic rings. The molecule has 2 atom stereocenters. The molecule has 2 rings (SSSR count). The molecule has 2 nitrogen and oxygen atoms in total. The van der Waals surface area contributed by atoms with Crippen molar-refractivity contribution in [3.8, 4) is 0 Å². The van der Waals surface area contributed by atoms with Crippen molar-refractivity contribution in [3.05, 3.63) is 23.8 Å². The van der Waals surface area contributed by atoms with Gasteiger partial charge in [-0.3, -0.25) is 4.79 Å². The van der Waals surface area contributed by atoms with Gasteiger partial charge in [0.15, 0.2) is 0 Å². The predicted octanol–water partition coefficient (Wildman–Crippen LogP) is 1.01. The highest BCUT2D eigenvalue weighted by Gasteiger charge is 2.32. The normalized spacial score (nSPS) is 34.6. The molecular weight excluding hydrogens is 138 g/mol. The van der Waals surface area contributed by atoms with Crippen molar-refractivity contribution >= 4 is 5.91 Å². The Labute approximate surface area is 66.0 Å². The number of fused-ring (bicyclic) bond motifs is 1. The molecule has 58 valence electrons. The lowest BCUT2D eigenvalue weighted by Gasteiger charge is -2.18. The van der Waals surface area contributed by atoms with Gasteiger partial charge in [0, 0.05) is 12.3 Å². The van der Waals surface area contributed by atoms with Crippen LogP contribution in [0.25, 0.3) is 0 Å². The molecule has 11 heavy (non-hydrogen) atoms. The number of allylic oxidation sites excluding steroid dienone is 2.